The molecule has 0 aromatic rings. The lowest BCUT2D eigenvalue weighted by atomic mass is 9.90. The zero-order chi connectivity index (χ0) is 12.8. The minimum atomic E-state index is -5.78. The minimum absolute atomic E-state index is 0.907. The zero-order valence-electron chi connectivity index (χ0n) is 7.94. The summed E-state index contributed by atoms with van der Waals surface area (Å²) in [6.07, 6.45) is -6.69. The number of rotatable bonds is 2. The number of alkyl halides is 6. The van der Waals surface area contributed by atoms with Crippen molar-refractivity contribution in [2.24, 2.45) is 11.8 Å². The number of hydrogen-bond acceptors (Lipinski definition) is 2. The van der Waals surface area contributed by atoms with Crippen LogP contribution in [-0.2, 0) is 0 Å². The SMILES string of the molecule is OC[C@@H]1C[C@@H](CO)[C@](F)(C(F)(F)F)C1(F)F. The molecule has 1 aliphatic carbocycles. The predicted octanol–water partition coefficient (Wildman–Crippen LogP) is 1.51. The van der Waals surface area contributed by atoms with Gasteiger partial charge in [0, 0.05) is 12.5 Å². The smallest absolute Gasteiger partial charge is 0.396 e. The molecule has 0 aromatic heterocycles. The molecule has 0 saturated heterocycles. The number of halogens is 6. The van der Waals surface area contributed by atoms with Crippen molar-refractivity contribution >= 4 is 0 Å². The molecule has 1 saturated carbocycles. The van der Waals surface area contributed by atoms with E-state index in [1.807, 2.05) is 0 Å². The molecule has 0 unspecified atom stereocenters. The lowest BCUT2D eigenvalue weighted by molar-refractivity contribution is -0.312. The van der Waals surface area contributed by atoms with Crippen LogP contribution in [0.5, 0.6) is 0 Å². The third kappa shape index (κ3) is 1.50. The Morgan fingerprint density at radius 1 is 1.00 bits per heavy atom. The highest BCUT2D eigenvalue weighted by Crippen LogP contribution is 2.60. The summed E-state index contributed by atoms with van der Waals surface area (Å²) in [5.41, 5.74) is -4.78. The molecule has 0 radical (unpaired) electrons. The van der Waals surface area contributed by atoms with Crippen molar-refractivity contribution in [1.29, 1.82) is 0 Å². The first kappa shape index (κ1) is 13.6. The number of aliphatic hydroxyl groups is 2. The van der Waals surface area contributed by atoms with Crippen LogP contribution in [0.2, 0.25) is 0 Å². The van der Waals surface area contributed by atoms with Crippen LogP contribution >= 0.6 is 0 Å². The molecule has 2 N–H and O–H groups in total. The van der Waals surface area contributed by atoms with E-state index in [4.69, 9.17) is 10.2 Å². The molecule has 0 spiro atoms. The molecule has 1 aliphatic rings. The number of aliphatic hydroxyl groups excluding tert-OH is 2. The molecule has 1 fully saturated rings. The van der Waals surface area contributed by atoms with Crippen LogP contribution in [0.25, 0.3) is 0 Å². The first-order valence-electron chi connectivity index (χ1n) is 4.48. The van der Waals surface area contributed by atoms with Crippen molar-refractivity contribution in [1.82, 2.24) is 0 Å². The van der Waals surface area contributed by atoms with Gasteiger partial charge in [0.15, 0.2) is 0 Å². The Balaban J connectivity index is 3.22. The third-order valence-electron chi connectivity index (χ3n) is 2.98. The summed E-state index contributed by atoms with van der Waals surface area (Å²) in [6.45, 7) is -2.60. The van der Waals surface area contributed by atoms with Crippen LogP contribution < -0.4 is 0 Å². The average molecular weight is 252 g/mol. The molecule has 8 heteroatoms. The maximum Gasteiger partial charge on any atom is 0.428 e. The molecule has 0 bridgehead atoms. The van der Waals surface area contributed by atoms with Crippen molar-refractivity contribution in [3.63, 3.8) is 0 Å². The van der Waals surface area contributed by atoms with Crippen LogP contribution in [0.4, 0.5) is 26.3 Å². The second kappa shape index (κ2) is 3.76. The highest BCUT2D eigenvalue weighted by molar-refractivity contribution is 5.12. The van der Waals surface area contributed by atoms with E-state index in [1.165, 1.54) is 0 Å². The largest absolute Gasteiger partial charge is 0.428 e. The lowest BCUT2D eigenvalue weighted by Gasteiger charge is -2.34. The predicted molar refractivity (Wildman–Crippen MR) is 40.6 cm³/mol. The first-order valence-corrected chi connectivity index (χ1v) is 4.48. The molecule has 16 heavy (non-hydrogen) atoms. The van der Waals surface area contributed by atoms with Crippen LogP contribution in [0.1, 0.15) is 6.42 Å². The highest BCUT2D eigenvalue weighted by Gasteiger charge is 2.80. The monoisotopic (exact) mass is 252 g/mol. The second-order valence-corrected chi connectivity index (χ2v) is 3.83. The van der Waals surface area contributed by atoms with Gasteiger partial charge in [-0.3, -0.25) is 0 Å². The Morgan fingerprint density at radius 2 is 1.44 bits per heavy atom. The van der Waals surface area contributed by atoms with E-state index in [0.29, 0.717) is 0 Å². The molecule has 3 atom stereocenters. The third-order valence-corrected chi connectivity index (χ3v) is 2.98. The van der Waals surface area contributed by atoms with Gasteiger partial charge in [-0.2, -0.15) is 13.2 Å². The van der Waals surface area contributed by atoms with E-state index in [9.17, 15) is 26.3 Å². The summed E-state index contributed by atoms with van der Waals surface area (Å²) in [7, 11) is 0. The fraction of sp³-hybridized carbons (Fsp3) is 1.00. The van der Waals surface area contributed by atoms with Gasteiger partial charge in [0.25, 0.3) is 11.6 Å². The fourth-order valence-electron chi connectivity index (χ4n) is 2.03. The summed E-state index contributed by atoms with van der Waals surface area (Å²) in [4.78, 5) is 0. The Kier molecular flexibility index (Phi) is 3.19. The van der Waals surface area contributed by atoms with Crippen molar-refractivity contribution in [3.05, 3.63) is 0 Å². The Labute approximate surface area is 86.9 Å². The summed E-state index contributed by atoms with van der Waals surface area (Å²) in [5, 5.41) is 17.1. The van der Waals surface area contributed by atoms with Gasteiger partial charge < -0.3 is 10.2 Å². The van der Waals surface area contributed by atoms with E-state index < -0.39 is 49.2 Å². The van der Waals surface area contributed by atoms with Crippen LogP contribution in [0, 0.1) is 11.8 Å². The first-order chi connectivity index (χ1) is 7.12. The molecular weight excluding hydrogens is 242 g/mol. The summed E-state index contributed by atoms with van der Waals surface area (Å²) in [6, 6.07) is 0. The van der Waals surface area contributed by atoms with Gasteiger partial charge >= 0.3 is 6.18 Å². The van der Waals surface area contributed by atoms with Crippen LogP contribution in [0.3, 0.4) is 0 Å². The van der Waals surface area contributed by atoms with Gasteiger partial charge in [-0.1, -0.05) is 0 Å². The van der Waals surface area contributed by atoms with E-state index in [1.54, 1.807) is 0 Å². The molecular formula is C8H10F6O2. The van der Waals surface area contributed by atoms with Crippen molar-refractivity contribution < 1.29 is 36.6 Å². The lowest BCUT2D eigenvalue weighted by Crippen LogP contribution is -2.58. The molecule has 0 aromatic carbocycles. The summed E-state index contributed by atoms with van der Waals surface area (Å²) < 4.78 is 77.0. The standard InChI is InChI=1S/C8H10F6O2/c9-6(8(12,13)14)4(2-15)1-5(3-16)7(6,10)11/h4-5,15-16H,1-3H2/t4-,5-,6+/m0/s1. The van der Waals surface area contributed by atoms with Gasteiger partial charge in [-0.25, -0.2) is 13.2 Å². The van der Waals surface area contributed by atoms with Crippen molar-refractivity contribution in [3.8, 4) is 0 Å². The van der Waals surface area contributed by atoms with Gasteiger partial charge in [-0.15, -0.1) is 0 Å². The van der Waals surface area contributed by atoms with Crippen LogP contribution in [-0.4, -0.2) is 41.2 Å². The fourth-order valence-corrected chi connectivity index (χ4v) is 2.03. The Bertz CT molecular complexity index is 266. The minimum Gasteiger partial charge on any atom is -0.396 e. The summed E-state index contributed by atoms with van der Waals surface area (Å²) >= 11 is 0. The molecule has 96 valence electrons. The topological polar surface area (TPSA) is 40.5 Å². The molecule has 2 nitrogen and oxygen atoms in total. The van der Waals surface area contributed by atoms with Gasteiger partial charge in [0.05, 0.1) is 12.5 Å². The second-order valence-electron chi connectivity index (χ2n) is 3.83. The zero-order valence-corrected chi connectivity index (χ0v) is 7.94. The van der Waals surface area contributed by atoms with E-state index >= 15 is 0 Å². The van der Waals surface area contributed by atoms with Crippen molar-refractivity contribution in [2.45, 2.75) is 24.2 Å². The quantitative estimate of drug-likeness (QED) is 0.731. The maximum atomic E-state index is 13.6. The number of hydrogen-bond donors (Lipinski definition) is 2. The molecule has 0 heterocycles. The van der Waals surface area contributed by atoms with Crippen LogP contribution in [0.15, 0.2) is 0 Å². The van der Waals surface area contributed by atoms with Gasteiger partial charge in [-0.05, 0) is 6.42 Å². The molecule has 0 aliphatic heterocycles. The normalized spacial score (nSPS) is 39.0. The van der Waals surface area contributed by atoms with Crippen molar-refractivity contribution in [2.75, 3.05) is 13.2 Å². The molecule has 1 rings (SSSR count). The van der Waals surface area contributed by atoms with E-state index in [2.05, 4.69) is 0 Å². The summed E-state index contributed by atoms with van der Waals surface area (Å²) in [5.74, 6) is -9.11. The average Bonchev–Trinajstić information content (AvgIpc) is 2.35. The van der Waals surface area contributed by atoms with E-state index in [0.717, 1.165) is 0 Å². The van der Waals surface area contributed by atoms with Gasteiger partial charge in [0.2, 0.25) is 0 Å². The maximum absolute atomic E-state index is 13.6. The van der Waals surface area contributed by atoms with Gasteiger partial charge in [0.1, 0.15) is 0 Å². The Morgan fingerprint density at radius 3 is 1.69 bits per heavy atom. The molecule has 0 amide bonds. The highest BCUT2D eigenvalue weighted by atomic mass is 19.4. The van der Waals surface area contributed by atoms with E-state index in [-0.39, 0.29) is 0 Å². The Hall–Kier alpha value is -0.500.